The van der Waals surface area contributed by atoms with Crippen LogP contribution in [0.3, 0.4) is 0 Å². The van der Waals surface area contributed by atoms with Gasteiger partial charge >= 0.3 is 12.1 Å². The highest BCUT2D eigenvalue weighted by molar-refractivity contribution is 6.10. The number of benzene rings is 3. The normalized spacial score (nSPS) is 14.7. The van der Waals surface area contributed by atoms with Crippen LogP contribution in [0.2, 0.25) is 0 Å². The summed E-state index contributed by atoms with van der Waals surface area (Å²) in [7, 11) is 1.74. The predicted octanol–water partition coefficient (Wildman–Crippen LogP) is 6.45. The van der Waals surface area contributed by atoms with E-state index in [0.29, 0.717) is 23.9 Å². The van der Waals surface area contributed by atoms with Crippen molar-refractivity contribution in [3.05, 3.63) is 95.2 Å². The van der Waals surface area contributed by atoms with Crippen LogP contribution in [-0.2, 0) is 18.8 Å². The van der Waals surface area contributed by atoms with Gasteiger partial charge in [-0.1, -0.05) is 36.4 Å². The molecule has 0 atom stereocenters. The molecule has 0 bridgehead atoms. The number of para-hydroxylation sites is 1. The molecular formula is C28H24F3N3O3. The quantitative estimate of drug-likeness (QED) is 0.280. The van der Waals surface area contributed by atoms with Crippen LogP contribution in [0.4, 0.5) is 24.5 Å². The summed E-state index contributed by atoms with van der Waals surface area (Å²) in [6.45, 7) is 0. The molecule has 37 heavy (non-hydrogen) atoms. The molecule has 1 saturated carbocycles. The molecule has 1 aliphatic rings. The van der Waals surface area contributed by atoms with E-state index in [4.69, 9.17) is 0 Å². The van der Waals surface area contributed by atoms with Crippen LogP contribution in [0.5, 0.6) is 0 Å². The number of hydrogen-bond donors (Lipinski definition) is 3. The summed E-state index contributed by atoms with van der Waals surface area (Å²) in [4.78, 5) is 25.0. The Kier molecular flexibility index (Phi) is 5.94. The minimum Gasteiger partial charge on any atom is -0.478 e. The van der Waals surface area contributed by atoms with Crippen LogP contribution in [-0.4, -0.2) is 21.6 Å². The second kappa shape index (κ2) is 8.99. The molecule has 0 radical (unpaired) electrons. The van der Waals surface area contributed by atoms with Gasteiger partial charge in [0, 0.05) is 18.1 Å². The summed E-state index contributed by atoms with van der Waals surface area (Å²) in [5.74, 6) is -1.41. The number of rotatable bonds is 6. The number of alkyl halides is 3. The van der Waals surface area contributed by atoms with Crippen molar-refractivity contribution in [2.45, 2.75) is 31.0 Å². The average Bonchev–Trinajstić information content (AvgIpc) is 3.12. The van der Waals surface area contributed by atoms with E-state index in [-0.39, 0.29) is 22.9 Å². The number of aromatic nitrogens is 1. The van der Waals surface area contributed by atoms with E-state index in [1.54, 1.807) is 29.8 Å². The molecule has 0 spiro atoms. The number of carbonyl (C=O) groups excluding carboxylic acids is 1. The molecule has 9 heteroatoms. The molecule has 3 aromatic carbocycles. The average molecular weight is 508 g/mol. The fourth-order valence-electron chi connectivity index (χ4n) is 4.93. The highest BCUT2D eigenvalue weighted by Crippen LogP contribution is 2.42. The molecule has 1 aromatic heterocycles. The molecule has 0 unspecified atom stereocenters. The first-order valence-corrected chi connectivity index (χ1v) is 11.8. The van der Waals surface area contributed by atoms with Crippen LogP contribution in [0.1, 0.15) is 51.2 Å². The predicted molar refractivity (Wildman–Crippen MR) is 134 cm³/mol. The number of halogens is 3. The van der Waals surface area contributed by atoms with Crippen molar-refractivity contribution in [2.75, 3.05) is 5.32 Å². The van der Waals surface area contributed by atoms with Gasteiger partial charge in [-0.05, 0) is 61.2 Å². The molecule has 0 saturated heterocycles. The largest absolute Gasteiger partial charge is 0.478 e. The molecule has 4 aromatic rings. The molecule has 3 N–H and O–H groups in total. The third kappa shape index (κ3) is 4.41. The lowest BCUT2D eigenvalue weighted by atomic mass is 9.71. The molecule has 5 rings (SSSR count). The fraction of sp³-hybridized carbons (Fsp3) is 0.214. The lowest BCUT2D eigenvalue weighted by molar-refractivity contribution is -0.137. The number of carboxylic acids is 1. The number of hydrogen-bond acceptors (Lipinski definition) is 3. The zero-order chi connectivity index (χ0) is 26.4. The third-order valence-corrected chi connectivity index (χ3v) is 7.03. The summed E-state index contributed by atoms with van der Waals surface area (Å²) in [6, 6.07) is 18.6. The highest BCUT2D eigenvalue weighted by atomic mass is 19.4. The molecular weight excluding hydrogens is 483 g/mol. The maximum Gasteiger partial charge on any atom is 0.416 e. The monoisotopic (exact) mass is 507 g/mol. The maximum atomic E-state index is 13.8. The van der Waals surface area contributed by atoms with E-state index in [1.165, 1.54) is 24.3 Å². The Balaban J connectivity index is 1.53. The Hall–Kier alpha value is -4.27. The van der Waals surface area contributed by atoms with E-state index in [2.05, 4.69) is 10.6 Å². The molecule has 190 valence electrons. The summed E-state index contributed by atoms with van der Waals surface area (Å²) in [6.07, 6.45) is -2.23. The standard InChI is InChI=1S/C28H24F3N3O3/c1-34-22-9-3-2-8-21(22)23(32-20-7-4-6-19(16-20)28(29,30)31)24(34)25(35)33-27(14-5-15-27)18-12-10-17(11-13-18)26(36)37/h2-4,6-13,16,32H,5,14-15H2,1H3,(H,33,35)(H,36,37). The van der Waals surface area contributed by atoms with E-state index in [9.17, 15) is 27.9 Å². The number of carbonyl (C=O) groups is 2. The molecule has 1 amide bonds. The summed E-state index contributed by atoms with van der Waals surface area (Å²) in [5.41, 5.74) is 1.17. The number of aromatic carboxylic acids is 1. The van der Waals surface area contributed by atoms with Crippen LogP contribution in [0.15, 0.2) is 72.8 Å². The summed E-state index contributed by atoms with van der Waals surface area (Å²) < 4.78 is 41.6. The van der Waals surface area contributed by atoms with Gasteiger partial charge in [0.25, 0.3) is 5.91 Å². The van der Waals surface area contributed by atoms with Gasteiger partial charge in [-0.25, -0.2) is 4.79 Å². The molecule has 1 aliphatic carbocycles. The van der Waals surface area contributed by atoms with Crippen LogP contribution in [0.25, 0.3) is 10.9 Å². The zero-order valence-electron chi connectivity index (χ0n) is 19.9. The molecule has 1 fully saturated rings. The van der Waals surface area contributed by atoms with Gasteiger partial charge in [-0.2, -0.15) is 13.2 Å². The number of fused-ring (bicyclic) bond motifs is 1. The van der Waals surface area contributed by atoms with Crippen molar-refractivity contribution < 1.29 is 27.9 Å². The number of nitrogens with one attached hydrogen (secondary N) is 2. The van der Waals surface area contributed by atoms with Crippen LogP contribution >= 0.6 is 0 Å². The van der Waals surface area contributed by atoms with Crippen molar-refractivity contribution in [3.8, 4) is 0 Å². The number of anilines is 2. The van der Waals surface area contributed by atoms with Crippen molar-refractivity contribution in [2.24, 2.45) is 7.05 Å². The highest BCUT2D eigenvalue weighted by Gasteiger charge is 2.41. The summed E-state index contributed by atoms with van der Waals surface area (Å²) >= 11 is 0. The molecule has 1 heterocycles. The van der Waals surface area contributed by atoms with E-state index in [0.717, 1.165) is 29.6 Å². The first-order valence-electron chi connectivity index (χ1n) is 11.8. The third-order valence-electron chi connectivity index (χ3n) is 7.03. The van der Waals surface area contributed by atoms with Crippen molar-refractivity contribution >= 4 is 34.2 Å². The summed E-state index contributed by atoms with van der Waals surface area (Å²) in [5, 5.41) is 16.1. The zero-order valence-corrected chi connectivity index (χ0v) is 19.9. The van der Waals surface area contributed by atoms with E-state index in [1.807, 2.05) is 18.2 Å². The number of amides is 1. The minimum atomic E-state index is -4.50. The van der Waals surface area contributed by atoms with Gasteiger partial charge in [0.2, 0.25) is 0 Å². The van der Waals surface area contributed by atoms with Gasteiger partial charge in [-0.15, -0.1) is 0 Å². The van der Waals surface area contributed by atoms with Gasteiger partial charge < -0.3 is 20.3 Å². The van der Waals surface area contributed by atoms with Crippen LogP contribution in [0, 0.1) is 0 Å². The maximum absolute atomic E-state index is 13.8. The topological polar surface area (TPSA) is 83.4 Å². The van der Waals surface area contributed by atoms with Crippen molar-refractivity contribution in [1.29, 1.82) is 0 Å². The van der Waals surface area contributed by atoms with Gasteiger partial charge in [0.05, 0.1) is 27.9 Å². The van der Waals surface area contributed by atoms with Crippen molar-refractivity contribution in [1.82, 2.24) is 9.88 Å². The Morgan fingerprint density at radius 1 is 0.973 bits per heavy atom. The lowest BCUT2D eigenvalue weighted by Gasteiger charge is -2.43. The Morgan fingerprint density at radius 2 is 1.68 bits per heavy atom. The number of nitrogens with zero attached hydrogens (tertiary/aromatic N) is 1. The fourth-order valence-corrected chi connectivity index (χ4v) is 4.93. The second-order valence-corrected chi connectivity index (χ2v) is 9.28. The number of carboxylic acid groups (broad SMARTS) is 1. The van der Waals surface area contributed by atoms with Crippen LogP contribution < -0.4 is 10.6 Å². The van der Waals surface area contributed by atoms with Gasteiger partial charge in [0.1, 0.15) is 5.69 Å². The van der Waals surface area contributed by atoms with Gasteiger partial charge in [-0.3, -0.25) is 4.79 Å². The Labute approximate surface area is 210 Å². The smallest absolute Gasteiger partial charge is 0.416 e. The Bertz CT molecular complexity index is 1500. The lowest BCUT2D eigenvalue weighted by Crippen LogP contribution is -2.51. The van der Waals surface area contributed by atoms with E-state index < -0.39 is 23.2 Å². The molecule has 6 nitrogen and oxygen atoms in total. The second-order valence-electron chi connectivity index (χ2n) is 9.28. The SMILES string of the molecule is Cn1c(C(=O)NC2(c3ccc(C(=O)O)cc3)CCC2)c(Nc2cccc(C(F)(F)F)c2)c2ccccc21. The first kappa shape index (κ1) is 24.4. The first-order chi connectivity index (χ1) is 17.6. The molecule has 0 aliphatic heterocycles. The van der Waals surface area contributed by atoms with E-state index >= 15 is 0 Å². The number of aryl methyl sites for hydroxylation is 1. The minimum absolute atomic E-state index is 0.158. The van der Waals surface area contributed by atoms with Gasteiger partial charge in [0.15, 0.2) is 0 Å². The Morgan fingerprint density at radius 3 is 2.30 bits per heavy atom. The van der Waals surface area contributed by atoms with Crippen molar-refractivity contribution in [3.63, 3.8) is 0 Å².